The van der Waals surface area contributed by atoms with Crippen LogP contribution in [0.25, 0.3) is 0 Å². The third-order valence-corrected chi connectivity index (χ3v) is 2.96. The topological polar surface area (TPSA) is 12.0 Å². The number of alkyl halides is 1. The van der Waals surface area contributed by atoms with E-state index in [0.29, 0.717) is 11.9 Å². The van der Waals surface area contributed by atoms with Gasteiger partial charge in [0.1, 0.15) is 0 Å². The van der Waals surface area contributed by atoms with Crippen molar-refractivity contribution in [3.8, 4) is 0 Å². The Balaban J connectivity index is 2.25. The lowest BCUT2D eigenvalue weighted by atomic mass is 10.2. The van der Waals surface area contributed by atoms with Crippen LogP contribution in [0.5, 0.6) is 0 Å². The Bertz CT molecular complexity index is 194. The standard InChI is InChI=1S/C9H14ClNS/c1-2-9(5-10)11-6-8-3-4-12-7-8/h3-4,7,9,11H,2,5-6H2,1H3. The second-order valence-electron chi connectivity index (χ2n) is 2.77. The fourth-order valence-electron chi connectivity index (χ4n) is 0.963. The summed E-state index contributed by atoms with van der Waals surface area (Å²) in [5.74, 6) is 0.695. The van der Waals surface area contributed by atoms with Gasteiger partial charge in [0, 0.05) is 18.5 Å². The van der Waals surface area contributed by atoms with Gasteiger partial charge in [-0.25, -0.2) is 0 Å². The number of nitrogens with one attached hydrogen (secondary N) is 1. The van der Waals surface area contributed by atoms with Gasteiger partial charge < -0.3 is 5.32 Å². The van der Waals surface area contributed by atoms with E-state index in [1.165, 1.54) is 5.56 Å². The number of hydrogen-bond acceptors (Lipinski definition) is 2. The molecule has 1 unspecified atom stereocenters. The van der Waals surface area contributed by atoms with Crippen LogP contribution < -0.4 is 5.32 Å². The zero-order valence-corrected chi connectivity index (χ0v) is 8.79. The van der Waals surface area contributed by atoms with Gasteiger partial charge in [0.05, 0.1) is 0 Å². The van der Waals surface area contributed by atoms with Crippen molar-refractivity contribution in [1.82, 2.24) is 5.32 Å². The summed E-state index contributed by atoms with van der Waals surface area (Å²) in [7, 11) is 0. The molecule has 0 amide bonds. The average molecular weight is 204 g/mol. The molecule has 1 heterocycles. The minimum absolute atomic E-state index is 0.451. The van der Waals surface area contributed by atoms with Gasteiger partial charge in [0.15, 0.2) is 0 Å². The molecule has 1 N–H and O–H groups in total. The van der Waals surface area contributed by atoms with Crippen LogP contribution in [0.1, 0.15) is 18.9 Å². The van der Waals surface area contributed by atoms with Crippen LogP contribution in [0.15, 0.2) is 16.8 Å². The first-order valence-corrected chi connectivity index (χ1v) is 5.65. The van der Waals surface area contributed by atoms with Gasteiger partial charge in [-0.2, -0.15) is 11.3 Å². The van der Waals surface area contributed by atoms with Crippen molar-refractivity contribution in [3.63, 3.8) is 0 Å². The van der Waals surface area contributed by atoms with E-state index in [4.69, 9.17) is 11.6 Å². The molecule has 0 aliphatic carbocycles. The van der Waals surface area contributed by atoms with Gasteiger partial charge in [-0.15, -0.1) is 11.6 Å². The van der Waals surface area contributed by atoms with Crippen molar-refractivity contribution < 1.29 is 0 Å². The van der Waals surface area contributed by atoms with Crippen molar-refractivity contribution >= 4 is 22.9 Å². The van der Waals surface area contributed by atoms with Crippen LogP contribution in [0.2, 0.25) is 0 Å². The van der Waals surface area contributed by atoms with Crippen molar-refractivity contribution in [2.75, 3.05) is 5.88 Å². The molecule has 0 saturated carbocycles. The zero-order valence-electron chi connectivity index (χ0n) is 7.22. The largest absolute Gasteiger partial charge is 0.309 e. The molecular formula is C9H14ClNS. The van der Waals surface area contributed by atoms with Gasteiger partial charge in [0.25, 0.3) is 0 Å². The summed E-state index contributed by atoms with van der Waals surface area (Å²) in [6, 6.07) is 2.59. The predicted molar refractivity (Wildman–Crippen MR) is 56.0 cm³/mol. The first-order valence-electron chi connectivity index (χ1n) is 4.17. The van der Waals surface area contributed by atoms with Crippen LogP contribution in [-0.2, 0) is 6.54 Å². The third-order valence-electron chi connectivity index (χ3n) is 1.85. The van der Waals surface area contributed by atoms with Crippen LogP contribution in [0.4, 0.5) is 0 Å². The molecule has 0 fully saturated rings. The molecule has 1 atom stereocenters. The maximum absolute atomic E-state index is 5.75. The lowest BCUT2D eigenvalue weighted by molar-refractivity contribution is 0.539. The summed E-state index contributed by atoms with van der Waals surface area (Å²) in [6.45, 7) is 3.09. The van der Waals surface area contributed by atoms with E-state index in [2.05, 4.69) is 29.1 Å². The molecule has 0 aliphatic rings. The molecule has 0 bridgehead atoms. The van der Waals surface area contributed by atoms with E-state index in [1.807, 2.05) is 0 Å². The number of thiophene rings is 1. The second-order valence-corrected chi connectivity index (χ2v) is 3.86. The van der Waals surface area contributed by atoms with Gasteiger partial charge in [-0.05, 0) is 28.8 Å². The van der Waals surface area contributed by atoms with Crippen LogP contribution in [0, 0.1) is 0 Å². The Labute approximate surface area is 82.7 Å². The summed E-state index contributed by atoms with van der Waals surface area (Å²) >= 11 is 7.48. The van der Waals surface area contributed by atoms with Gasteiger partial charge in [0.2, 0.25) is 0 Å². The van der Waals surface area contributed by atoms with E-state index in [1.54, 1.807) is 11.3 Å². The Morgan fingerprint density at radius 3 is 3.00 bits per heavy atom. The van der Waals surface area contributed by atoms with Gasteiger partial charge in [-0.1, -0.05) is 6.92 Å². The summed E-state index contributed by atoms with van der Waals surface area (Å²) in [5.41, 5.74) is 1.35. The first-order chi connectivity index (χ1) is 5.86. The number of hydrogen-bond donors (Lipinski definition) is 1. The molecule has 1 aromatic heterocycles. The highest BCUT2D eigenvalue weighted by Gasteiger charge is 2.02. The predicted octanol–water partition coefficient (Wildman–Crippen LogP) is 2.86. The van der Waals surface area contributed by atoms with Crippen molar-refractivity contribution in [1.29, 1.82) is 0 Å². The first kappa shape index (κ1) is 10.0. The van der Waals surface area contributed by atoms with E-state index in [0.717, 1.165) is 13.0 Å². The minimum atomic E-state index is 0.451. The fourth-order valence-corrected chi connectivity index (χ4v) is 1.96. The molecule has 1 aromatic rings. The van der Waals surface area contributed by atoms with Crippen molar-refractivity contribution in [2.45, 2.75) is 25.9 Å². The molecule has 1 rings (SSSR count). The van der Waals surface area contributed by atoms with E-state index in [-0.39, 0.29) is 0 Å². The molecular weight excluding hydrogens is 190 g/mol. The van der Waals surface area contributed by atoms with Crippen LogP contribution in [-0.4, -0.2) is 11.9 Å². The average Bonchev–Trinajstić information content (AvgIpc) is 2.59. The highest BCUT2D eigenvalue weighted by Crippen LogP contribution is 2.06. The molecule has 12 heavy (non-hydrogen) atoms. The lowest BCUT2D eigenvalue weighted by Crippen LogP contribution is -2.29. The SMILES string of the molecule is CCC(CCl)NCc1ccsc1. The molecule has 0 saturated heterocycles. The summed E-state index contributed by atoms with van der Waals surface area (Å²) in [4.78, 5) is 0. The Hall–Kier alpha value is -0.0500. The molecule has 0 spiro atoms. The van der Waals surface area contributed by atoms with E-state index < -0.39 is 0 Å². The highest BCUT2D eigenvalue weighted by molar-refractivity contribution is 7.07. The summed E-state index contributed by atoms with van der Waals surface area (Å²) in [6.07, 6.45) is 1.09. The monoisotopic (exact) mass is 203 g/mol. The smallest absolute Gasteiger partial charge is 0.0377 e. The Morgan fingerprint density at radius 2 is 2.50 bits per heavy atom. The molecule has 3 heteroatoms. The Kier molecular flexibility index (Phi) is 4.66. The van der Waals surface area contributed by atoms with Gasteiger partial charge in [-0.3, -0.25) is 0 Å². The van der Waals surface area contributed by atoms with E-state index >= 15 is 0 Å². The van der Waals surface area contributed by atoms with Crippen molar-refractivity contribution in [2.24, 2.45) is 0 Å². The second kappa shape index (κ2) is 5.57. The maximum Gasteiger partial charge on any atom is 0.0377 e. The molecule has 0 aromatic carbocycles. The number of halogens is 1. The van der Waals surface area contributed by atoms with E-state index in [9.17, 15) is 0 Å². The molecule has 1 nitrogen and oxygen atoms in total. The zero-order chi connectivity index (χ0) is 8.81. The fraction of sp³-hybridized carbons (Fsp3) is 0.556. The molecule has 0 radical (unpaired) electrons. The van der Waals surface area contributed by atoms with Crippen LogP contribution >= 0.6 is 22.9 Å². The Morgan fingerprint density at radius 1 is 1.67 bits per heavy atom. The maximum atomic E-state index is 5.75. The highest BCUT2D eigenvalue weighted by atomic mass is 35.5. The summed E-state index contributed by atoms with van der Waals surface area (Å²) in [5, 5.41) is 7.65. The van der Waals surface area contributed by atoms with Crippen molar-refractivity contribution in [3.05, 3.63) is 22.4 Å². The molecule has 0 aliphatic heterocycles. The lowest BCUT2D eigenvalue weighted by Gasteiger charge is -2.12. The quantitative estimate of drug-likeness (QED) is 0.726. The minimum Gasteiger partial charge on any atom is -0.309 e. The number of rotatable bonds is 5. The van der Waals surface area contributed by atoms with Crippen LogP contribution in [0.3, 0.4) is 0 Å². The normalized spacial score (nSPS) is 13.2. The van der Waals surface area contributed by atoms with Gasteiger partial charge >= 0.3 is 0 Å². The summed E-state index contributed by atoms with van der Waals surface area (Å²) < 4.78 is 0. The third kappa shape index (κ3) is 3.13. The molecule has 68 valence electrons.